The van der Waals surface area contributed by atoms with Gasteiger partial charge in [0.2, 0.25) is 0 Å². The van der Waals surface area contributed by atoms with Crippen molar-refractivity contribution in [2.45, 2.75) is 52.0 Å². The molecule has 1 heterocycles. The van der Waals surface area contributed by atoms with Crippen molar-refractivity contribution in [3.8, 4) is 28.1 Å². The van der Waals surface area contributed by atoms with Crippen LogP contribution in [0.4, 0.5) is 0 Å². The predicted octanol–water partition coefficient (Wildman–Crippen LogP) is 6.26. The van der Waals surface area contributed by atoms with Crippen molar-refractivity contribution in [3.05, 3.63) is 60.3 Å². The smallest absolute Gasteiger partial charge is 0.329 e. The second kappa shape index (κ2) is 11.5. The van der Waals surface area contributed by atoms with E-state index in [0.29, 0.717) is 18.4 Å². The maximum absolute atomic E-state index is 10.7. The number of aromatic nitrogens is 2. The first-order valence-corrected chi connectivity index (χ1v) is 12.6. The minimum absolute atomic E-state index is 0.210. The van der Waals surface area contributed by atoms with Crippen LogP contribution in [0.5, 0.6) is 5.75 Å². The summed E-state index contributed by atoms with van der Waals surface area (Å²) in [5.41, 5.74) is 5.74. The second-order valence-electron chi connectivity index (χ2n) is 9.84. The van der Waals surface area contributed by atoms with E-state index in [9.17, 15) is 4.79 Å². The lowest BCUT2D eigenvalue weighted by Gasteiger charge is -2.28. The van der Waals surface area contributed by atoms with Crippen molar-refractivity contribution < 1.29 is 19.4 Å². The third kappa shape index (κ3) is 6.12. The van der Waals surface area contributed by atoms with Crippen LogP contribution in [0.25, 0.3) is 22.4 Å². The van der Waals surface area contributed by atoms with Crippen molar-refractivity contribution >= 4 is 5.97 Å². The van der Waals surface area contributed by atoms with Gasteiger partial charge in [0.15, 0.2) is 0 Å². The van der Waals surface area contributed by atoms with Crippen LogP contribution in [0.3, 0.4) is 0 Å². The average molecular weight is 477 g/mol. The quantitative estimate of drug-likeness (QED) is 0.374. The Hall–Kier alpha value is -3.12. The number of ether oxygens (including phenoxy) is 2. The highest BCUT2D eigenvalue weighted by atomic mass is 16.5. The topological polar surface area (TPSA) is 73.6 Å². The third-order valence-electron chi connectivity index (χ3n) is 6.91. The number of carbonyl (C=O) groups is 1. The van der Waals surface area contributed by atoms with Crippen LogP contribution in [-0.4, -0.2) is 41.2 Å². The van der Waals surface area contributed by atoms with Gasteiger partial charge in [-0.2, -0.15) is 5.10 Å². The van der Waals surface area contributed by atoms with E-state index in [1.807, 2.05) is 18.2 Å². The van der Waals surface area contributed by atoms with Gasteiger partial charge in [-0.25, -0.2) is 4.79 Å². The lowest BCUT2D eigenvalue weighted by molar-refractivity contribution is -0.142. The molecule has 0 aliphatic heterocycles. The molecule has 0 saturated heterocycles. The van der Waals surface area contributed by atoms with E-state index in [0.717, 1.165) is 54.9 Å². The van der Waals surface area contributed by atoms with Crippen molar-refractivity contribution in [3.63, 3.8) is 0 Å². The van der Waals surface area contributed by atoms with Crippen LogP contribution in [0, 0.1) is 11.8 Å². The molecular weight excluding hydrogens is 440 g/mol. The van der Waals surface area contributed by atoms with E-state index in [1.165, 1.54) is 11.1 Å². The third-order valence-corrected chi connectivity index (χ3v) is 6.91. The highest BCUT2D eigenvalue weighted by Crippen LogP contribution is 2.40. The highest BCUT2D eigenvalue weighted by molar-refractivity contribution is 5.84. The number of aliphatic carboxylic acids is 1. The van der Waals surface area contributed by atoms with Crippen LogP contribution < -0.4 is 4.74 Å². The minimum atomic E-state index is -0.904. The predicted molar refractivity (Wildman–Crippen MR) is 138 cm³/mol. The van der Waals surface area contributed by atoms with E-state index >= 15 is 0 Å². The molecule has 0 bridgehead atoms. The number of rotatable bonds is 10. The molecule has 1 aliphatic rings. The molecule has 35 heavy (non-hydrogen) atoms. The average Bonchev–Trinajstić information content (AvgIpc) is 3.25. The Labute approximate surface area is 207 Å². The number of benzene rings is 2. The summed E-state index contributed by atoms with van der Waals surface area (Å²) in [4.78, 5) is 10.7. The lowest BCUT2D eigenvalue weighted by Crippen LogP contribution is -2.23. The Kier molecular flexibility index (Phi) is 8.24. The second-order valence-corrected chi connectivity index (χ2v) is 9.84. The largest absolute Gasteiger partial charge is 0.497 e. The Balaban J connectivity index is 1.63. The van der Waals surface area contributed by atoms with Gasteiger partial charge in [0.05, 0.1) is 25.1 Å². The van der Waals surface area contributed by atoms with Gasteiger partial charge in [-0.05, 0) is 61.1 Å². The molecule has 2 aromatic carbocycles. The zero-order valence-corrected chi connectivity index (χ0v) is 20.9. The summed E-state index contributed by atoms with van der Waals surface area (Å²) >= 11 is 0. The summed E-state index contributed by atoms with van der Waals surface area (Å²) in [6.07, 6.45) is 4.32. The molecule has 0 spiro atoms. The number of carboxylic acids is 1. The van der Waals surface area contributed by atoms with Crippen LogP contribution in [0.1, 0.15) is 51.1 Å². The fraction of sp³-hybridized carbons (Fsp3) is 0.448. The summed E-state index contributed by atoms with van der Waals surface area (Å²) in [6, 6.07) is 18.8. The molecule has 6 nitrogen and oxygen atoms in total. The maximum Gasteiger partial charge on any atom is 0.329 e. The summed E-state index contributed by atoms with van der Waals surface area (Å²) < 4.78 is 13.1. The SMILES string of the molecule is COc1cccc(-c2c(C(C)C)nn(C[C@H]3CC[C@@H](COCC(=O)O)CC3)c2-c2ccccc2)c1. The molecule has 1 N–H and O–H groups in total. The van der Waals surface area contributed by atoms with Gasteiger partial charge in [0, 0.05) is 17.7 Å². The highest BCUT2D eigenvalue weighted by Gasteiger charge is 2.27. The summed E-state index contributed by atoms with van der Waals surface area (Å²) in [5.74, 6) is 1.19. The van der Waals surface area contributed by atoms with Gasteiger partial charge >= 0.3 is 5.97 Å². The molecule has 4 rings (SSSR count). The molecule has 1 saturated carbocycles. The van der Waals surface area contributed by atoms with E-state index in [1.54, 1.807) is 7.11 Å². The monoisotopic (exact) mass is 476 g/mol. The van der Waals surface area contributed by atoms with Crippen LogP contribution in [-0.2, 0) is 16.1 Å². The van der Waals surface area contributed by atoms with Gasteiger partial charge in [0.1, 0.15) is 12.4 Å². The van der Waals surface area contributed by atoms with Crippen LogP contribution in [0.2, 0.25) is 0 Å². The van der Waals surface area contributed by atoms with E-state index < -0.39 is 5.97 Å². The van der Waals surface area contributed by atoms with Gasteiger partial charge in [0.25, 0.3) is 0 Å². The molecule has 1 aromatic heterocycles. The number of carboxylic acid groups (broad SMARTS) is 1. The molecule has 0 unspecified atom stereocenters. The van der Waals surface area contributed by atoms with Gasteiger partial charge in [-0.15, -0.1) is 0 Å². The Morgan fingerprint density at radius 3 is 2.37 bits per heavy atom. The van der Waals surface area contributed by atoms with E-state index in [2.05, 4.69) is 54.9 Å². The van der Waals surface area contributed by atoms with Crippen molar-refractivity contribution in [1.82, 2.24) is 9.78 Å². The van der Waals surface area contributed by atoms with Crippen molar-refractivity contribution in [2.75, 3.05) is 20.3 Å². The molecular formula is C29H36N2O4. The van der Waals surface area contributed by atoms with Gasteiger partial charge < -0.3 is 14.6 Å². The standard InChI is InChI=1S/C29H36N2O4/c1-20(2)28-27(24-10-7-11-25(16-24)34-3)29(23-8-5-4-6-9-23)31(30-28)17-21-12-14-22(15-13-21)18-35-19-26(32)33/h4-11,16,20-22H,12-15,17-19H2,1-3H3,(H,32,33)/t21-,22+. The Morgan fingerprint density at radius 1 is 1.03 bits per heavy atom. The normalized spacial score (nSPS) is 18.1. The molecule has 0 amide bonds. The molecule has 1 fully saturated rings. The summed E-state index contributed by atoms with van der Waals surface area (Å²) in [6.45, 7) is 5.60. The fourth-order valence-corrected chi connectivity index (χ4v) is 5.11. The van der Waals surface area contributed by atoms with Gasteiger partial charge in [-0.3, -0.25) is 4.68 Å². The fourth-order valence-electron chi connectivity index (χ4n) is 5.11. The number of methoxy groups -OCH3 is 1. The first kappa shape index (κ1) is 25.0. The first-order chi connectivity index (χ1) is 17.0. The summed E-state index contributed by atoms with van der Waals surface area (Å²) in [5, 5.41) is 14.0. The maximum atomic E-state index is 10.7. The minimum Gasteiger partial charge on any atom is -0.497 e. The number of hydrogen-bond donors (Lipinski definition) is 1. The first-order valence-electron chi connectivity index (χ1n) is 12.6. The lowest BCUT2D eigenvalue weighted by atomic mass is 9.82. The van der Waals surface area contributed by atoms with Crippen LogP contribution >= 0.6 is 0 Å². The molecule has 186 valence electrons. The van der Waals surface area contributed by atoms with E-state index in [-0.39, 0.29) is 12.5 Å². The Morgan fingerprint density at radius 2 is 1.71 bits per heavy atom. The zero-order valence-electron chi connectivity index (χ0n) is 20.9. The summed E-state index contributed by atoms with van der Waals surface area (Å²) in [7, 11) is 1.70. The Bertz CT molecular complexity index is 1110. The molecule has 6 heteroatoms. The molecule has 3 aromatic rings. The van der Waals surface area contributed by atoms with Crippen molar-refractivity contribution in [2.24, 2.45) is 11.8 Å². The van der Waals surface area contributed by atoms with E-state index in [4.69, 9.17) is 19.7 Å². The van der Waals surface area contributed by atoms with Gasteiger partial charge in [-0.1, -0.05) is 56.3 Å². The molecule has 0 radical (unpaired) electrons. The van der Waals surface area contributed by atoms with Crippen LogP contribution in [0.15, 0.2) is 54.6 Å². The molecule has 1 aliphatic carbocycles. The number of hydrogen-bond acceptors (Lipinski definition) is 4. The molecule has 0 atom stereocenters. The zero-order chi connectivity index (χ0) is 24.8. The van der Waals surface area contributed by atoms with Crippen molar-refractivity contribution in [1.29, 1.82) is 0 Å². The number of nitrogens with zero attached hydrogens (tertiary/aromatic N) is 2.